The first-order chi connectivity index (χ1) is 10.1. The van der Waals surface area contributed by atoms with Crippen LogP contribution in [0.5, 0.6) is 0 Å². The van der Waals surface area contributed by atoms with Crippen LogP contribution < -0.4 is 0 Å². The molecule has 0 fully saturated rings. The lowest BCUT2D eigenvalue weighted by atomic mass is 10.0. The van der Waals surface area contributed by atoms with Gasteiger partial charge in [-0.15, -0.1) is 0 Å². The van der Waals surface area contributed by atoms with Crippen molar-refractivity contribution in [3.8, 4) is 11.3 Å². The molecule has 2 rings (SSSR count). The Morgan fingerprint density at radius 3 is 2.38 bits per heavy atom. The lowest BCUT2D eigenvalue weighted by Gasteiger charge is -2.05. The number of hydrogen-bond acceptors (Lipinski definition) is 5. The van der Waals surface area contributed by atoms with E-state index in [0.717, 1.165) is 5.56 Å². The van der Waals surface area contributed by atoms with Gasteiger partial charge >= 0.3 is 5.97 Å². The van der Waals surface area contributed by atoms with Crippen molar-refractivity contribution in [3.05, 3.63) is 47.4 Å². The van der Waals surface area contributed by atoms with Gasteiger partial charge in [-0.3, -0.25) is 9.78 Å². The van der Waals surface area contributed by atoms with Crippen molar-refractivity contribution in [3.63, 3.8) is 0 Å². The summed E-state index contributed by atoms with van der Waals surface area (Å²) in [6.45, 7) is 0. The van der Waals surface area contributed by atoms with Crippen molar-refractivity contribution < 1.29 is 15.1 Å². The van der Waals surface area contributed by atoms with Crippen LogP contribution in [0.15, 0.2) is 41.8 Å². The van der Waals surface area contributed by atoms with Gasteiger partial charge in [0.15, 0.2) is 0 Å². The zero-order chi connectivity index (χ0) is 15.2. The van der Waals surface area contributed by atoms with E-state index in [1.807, 2.05) is 0 Å². The Labute approximate surface area is 125 Å². The van der Waals surface area contributed by atoms with E-state index in [1.165, 1.54) is 6.20 Å². The van der Waals surface area contributed by atoms with Crippen molar-refractivity contribution >= 4 is 23.3 Å². The van der Waals surface area contributed by atoms with Gasteiger partial charge in [-0.25, -0.2) is 4.98 Å². The Balaban J connectivity index is 2.18. The first kappa shape index (κ1) is 14.9. The molecule has 0 unspecified atom stereocenters. The highest BCUT2D eigenvalue weighted by Crippen LogP contribution is 2.18. The average molecular weight is 306 g/mol. The second-order valence-corrected chi connectivity index (χ2v) is 4.63. The third-order valence-electron chi connectivity index (χ3n) is 2.83. The van der Waals surface area contributed by atoms with Crippen LogP contribution in [0.2, 0.25) is 5.15 Å². The number of aromatic nitrogens is 2. The van der Waals surface area contributed by atoms with E-state index in [9.17, 15) is 4.79 Å². The van der Waals surface area contributed by atoms with Crippen molar-refractivity contribution in [1.82, 2.24) is 9.97 Å². The van der Waals surface area contributed by atoms with Gasteiger partial charge in [-0.1, -0.05) is 41.0 Å². The molecule has 0 aliphatic rings. The van der Waals surface area contributed by atoms with Gasteiger partial charge in [-0.2, -0.15) is 0 Å². The minimum atomic E-state index is -0.941. The molecular weight excluding hydrogens is 294 g/mol. The van der Waals surface area contributed by atoms with Crippen LogP contribution in [0.25, 0.3) is 11.3 Å². The Morgan fingerprint density at radius 2 is 1.86 bits per heavy atom. The Hall–Kier alpha value is -2.47. The molecule has 1 heterocycles. The zero-order valence-electron chi connectivity index (χ0n) is 10.9. The van der Waals surface area contributed by atoms with E-state index in [-0.39, 0.29) is 12.8 Å². The molecule has 0 bridgehead atoms. The molecule has 2 N–H and O–H groups in total. The molecule has 108 valence electrons. The number of carbonyl (C=O) groups is 1. The second-order valence-electron chi connectivity index (χ2n) is 4.24. The first-order valence-electron chi connectivity index (χ1n) is 6.11. The normalized spacial score (nSPS) is 11.4. The maximum absolute atomic E-state index is 10.6. The van der Waals surface area contributed by atoms with Crippen LogP contribution >= 0.6 is 11.6 Å². The van der Waals surface area contributed by atoms with E-state index in [4.69, 9.17) is 21.9 Å². The highest BCUT2D eigenvalue weighted by Gasteiger charge is 2.08. The van der Waals surface area contributed by atoms with Gasteiger partial charge in [0.1, 0.15) is 5.15 Å². The summed E-state index contributed by atoms with van der Waals surface area (Å²) in [6.07, 6.45) is 3.08. The van der Waals surface area contributed by atoms with Gasteiger partial charge in [0, 0.05) is 12.0 Å². The van der Waals surface area contributed by atoms with Crippen molar-refractivity contribution in [2.75, 3.05) is 0 Å². The molecule has 1 aromatic carbocycles. The number of benzene rings is 1. The largest absolute Gasteiger partial charge is 0.481 e. The highest BCUT2D eigenvalue weighted by molar-refractivity contribution is 6.29. The lowest BCUT2D eigenvalue weighted by Crippen LogP contribution is -2.05. The minimum Gasteiger partial charge on any atom is -0.481 e. The Bertz CT molecular complexity index is 654. The van der Waals surface area contributed by atoms with Gasteiger partial charge < -0.3 is 10.3 Å². The molecule has 0 saturated carbocycles. The third-order valence-corrected chi connectivity index (χ3v) is 3.03. The van der Waals surface area contributed by atoms with Crippen LogP contribution in [0.3, 0.4) is 0 Å². The zero-order valence-corrected chi connectivity index (χ0v) is 11.7. The molecule has 0 saturated heterocycles. The molecule has 7 heteroatoms. The molecule has 0 aliphatic heterocycles. The van der Waals surface area contributed by atoms with E-state index in [2.05, 4.69) is 15.1 Å². The Kier molecular flexibility index (Phi) is 4.84. The predicted octanol–water partition coefficient (Wildman–Crippen LogP) is 2.84. The van der Waals surface area contributed by atoms with Crippen LogP contribution in [0, 0.1) is 0 Å². The average Bonchev–Trinajstić information content (AvgIpc) is 2.49. The number of oxime groups is 1. The van der Waals surface area contributed by atoms with Crippen LogP contribution in [0.1, 0.15) is 18.4 Å². The molecule has 0 spiro atoms. The van der Waals surface area contributed by atoms with Gasteiger partial charge in [-0.05, 0) is 5.56 Å². The standard InChI is InChI=1S/C14H12ClN3O3/c15-13-8-16-12(7-17-13)10-3-1-9(2-4-10)11(18-21)5-6-14(19)20/h1-4,7-8,21H,5-6H2,(H,19,20)/b18-11+. The third kappa shape index (κ3) is 4.00. The van der Waals surface area contributed by atoms with E-state index < -0.39 is 5.97 Å². The van der Waals surface area contributed by atoms with E-state index in [1.54, 1.807) is 30.5 Å². The van der Waals surface area contributed by atoms with Crippen LogP contribution in [-0.2, 0) is 4.79 Å². The molecule has 0 radical (unpaired) electrons. The number of hydrogen-bond donors (Lipinski definition) is 2. The van der Waals surface area contributed by atoms with Crippen LogP contribution in [0.4, 0.5) is 0 Å². The summed E-state index contributed by atoms with van der Waals surface area (Å²) in [5.74, 6) is -0.941. The summed E-state index contributed by atoms with van der Waals surface area (Å²) in [5, 5.41) is 21.1. The molecular formula is C14H12ClN3O3. The Morgan fingerprint density at radius 1 is 1.14 bits per heavy atom. The second kappa shape index (κ2) is 6.81. The highest BCUT2D eigenvalue weighted by atomic mass is 35.5. The summed E-state index contributed by atoms with van der Waals surface area (Å²) in [7, 11) is 0. The van der Waals surface area contributed by atoms with Gasteiger partial charge in [0.05, 0.1) is 30.2 Å². The molecule has 1 aromatic heterocycles. The fourth-order valence-corrected chi connectivity index (χ4v) is 1.87. The monoisotopic (exact) mass is 305 g/mol. The molecule has 2 aromatic rings. The van der Waals surface area contributed by atoms with E-state index in [0.29, 0.717) is 22.1 Å². The van der Waals surface area contributed by atoms with E-state index >= 15 is 0 Å². The summed E-state index contributed by atoms with van der Waals surface area (Å²) in [4.78, 5) is 18.7. The number of halogens is 1. The quantitative estimate of drug-likeness (QED) is 0.503. The number of nitrogens with zero attached hydrogens (tertiary/aromatic N) is 3. The lowest BCUT2D eigenvalue weighted by molar-refractivity contribution is -0.136. The number of carboxylic acids is 1. The summed E-state index contributed by atoms with van der Waals surface area (Å²) >= 11 is 5.68. The smallest absolute Gasteiger partial charge is 0.303 e. The molecule has 0 aliphatic carbocycles. The molecule has 21 heavy (non-hydrogen) atoms. The summed E-state index contributed by atoms with van der Waals surface area (Å²) < 4.78 is 0. The van der Waals surface area contributed by atoms with Crippen molar-refractivity contribution in [2.24, 2.45) is 5.16 Å². The maximum atomic E-state index is 10.6. The number of rotatable bonds is 5. The van der Waals surface area contributed by atoms with Gasteiger partial charge in [0.25, 0.3) is 0 Å². The number of aliphatic carboxylic acids is 1. The molecule has 0 amide bonds. The predicted molar refractivity (Wildman–Crippen MR) is 77.7 cm³/mol. The fourth-order valence-electron chi connectivity index (χ4n) is 1.77. The minimum absolute atomic E-state index is 0.0934. The fraction of sp³-hybridized carbons (Fsp3) is 0.143. The van der Waals surface area contributed by atoms with Crippen LogP contribution in [-0.4, -0.2) is 32.0 Å². The van der Waals surface area contributed by atoms with Crippen molar-refractivity contribution in [1.29, 1.82) is 0 Å². The summed E-state index contributed by atoms with van der Waals surface area (Å²) in [5.41, 5.74) is 2.48. The molecule has 0 atom stereocenters. The molecule has 6 nitrogen and oxygen atoms in total. The summed E-state index contributed by atoms with van der Waals surface area (Å²) in [6, 6.07) is 7.06. The van der Waals surface area contributed by atoms with Crippen molar-refractivity contribution in [2.45, 2.75) is 12.8 Å². The maximum Gasteiger partial charge on any atom is 0.303 e. The van der Waals surface area contributed by atoms with Gasteiger partial charge in [0.2, 0.25) is 0 Å². The number of carboxylic acid groups (broad SMARTS) is 1. The SMILES string of the molecule is O=C(O)CC/C(=N\O)c1ccc(-c2cnc(Cl)cn2)cc1. The topological polar surface area (TPSA) is 95.7 Å². The first-order valence-corrected chi connectivity index (χ1v) is 6.49.